The van der Waals surface area contributed by atoms with E-state index < -0.39 is 23.4 Å². The summed E-state index contributed by atoms with van der Waals surface area (Å²) in [5, 5.41) is 5.44. The second-order valence-electron chi connectivity index (χ2n) is 7.52. The number of hydrogen-bond donors (Lipinski definition) is 2. The van der Waals surface area contributed by atoms with Crippen molar-refractivity contribution in [2.75, 3.05) is 18.5 Å². The fourth-order valence-corrected chi connectivity index (χ4v) is 3.56. The smallest absolute Gasteiger partial charge is 0.338 e. The Kier molecular flexibility index (Phi) is 8.38. The first-order valence-corrected chi connectivity index (χ1v) is 10.6. The van der Waals surface area contributed by atoms with Crippen LogP contribution in [0.4, 0.5) is 10.5 Å². The molecule has 1 aliphatic heterocycles. The van der Waals surface area contributed by atoms with E-state index in [1.807, 2.05) is 20.8 Å². The van der Waals surface area contributed by atoms with Gasteiger partial charge in [0.2, 0.25) is 5.91 Å². The van der Waals surface area contributed by atoms with Gasteiger partial charge in [-0.15, -0.1) is 0 Å². The molecule has 1 aliphatic rings. The monoisotopic (exact) mass is 417 g/mol. The Morgan fingerprint density at radius 3 is 2.23 bits per heavy atom. The van der Waals surface area contributed by atoms with E-state index in [9.17, 15) is 19.2 Å². The van der Waals surface area contributed by atoms with E-state index in [2.05, 4.69) is 10.6 Å². The molecule has 8 heteroatoms. The predicted molar refractivity (Wildman–Crippen MR) is 113 cm³/mol. The average Bonchev–Trinajstić information content (AvgIpc) is 2.93. The van der Waals surface area contributed by atoms with Gasteiger partial charge in [-0.25, -0.2) is 9.59 Å². The summed E-state index contributed by atoms with van der Waals surface area (Å²) in [6.45, 7) is 5.93. The van der Waals surface area contributed by atoms with E-state index in [0.717, 1.165) is 30.6 Å². The highest BCUT2D eigenvalue weighted by Crippen LogP contribution is 2.28. The van der Waals surface area contributed by atoms with Crippen LogP contribution in [0.2, 0.25) is 0 Å². The van der Waals surface area contributed by atoms with E-state index in [1.54, 1.807) is 24.3 Å². The number of nitrogens with one attached hydrogen (secondary N) is 2. The summed E-state index contributed by atoms with van der Waals surface area (Å²) >= 11 is 0. The second-order valence-corrected chi connectivity index (χ2v) is 7.52. The molecule has 1 heterocycles. The van der Waals surface area contributed by atoms with Crippen molar-refractivity contribution in [2.24, 2.45) is 0 Å². The average molecular weight is 418 g/mol. The maximum absolute atomic E-state index is 12.8. The van der Waals surface area contributed by atoms with Crippen LogP contribution in [0.25, 0.3) is 0 Å². The summed E-state index contributed by atoms with van der Waals surface area (Å²) < 4.78 is 5.15. The normalized spacial score (nSPS) is 15.1. The van der Waals surface area contributed by atoms with Crippen LogP contribution in [-0.2, 0) is 14.3 Å². The molecule has 1 aromatic carbocycles. The van der Waals surface area contributed by atoms with Gasteiger partial charge in [-0.05, 0) is 43.5 Å². The lowest BCUT2D eigenvalue weighted by Crippen LogP contribution is -2.47. The zero-order valence-electron chi connectivity index (χ0n) is 18.0. The predicted octanol–water partition coefficient (Wildman–Crippen LogP) is 3.47. The van der Waals surface area contributed by atoms with Gasteiger partial charge in [0.05, 0.1) is 12.2 Å². The number of esters is 1. The summed E-state index contributed by atoms with van der Waals surface area (Å²) in [5.74, 6) is -1.25. The van der Waals surface area contributed by atoms with E-state index in [1.165, 1.54) is 0 Å². The molecular weight excluding hydrogens is 386 g/mol. The Bertz CT molecular complexity index is 769. The summed E-state index contributed by atoms with van der Waals surface area (Å²) in [6.07, 6.45) is 4.32. The van der Waals surface area contributed by atoms with Crippen molar-refractivity contribution in [2.45, 2.75) is 64.8 Å². The van der Waals surface area contributed by atoms with Gasteiger partial charge in [-0.3, -0.25) is 14.5 Å². The Balaban J connectivity index is 1.96. The topological polar surface area (TPSA) is 105 Å². The molecule has 0 aliphatic carbocycles. The maximum Gasteiger partial charge on any atom is 0.338 e. The van der Waals surface area contributed by atoms with E-state index in [4.69, 9.17) is 4.74 Å². The summed E-state index contributed by atoms with van der Waals surface area (Å²) in [7, 11) is 0. The molecule has 164 valence electrons. The van der Waals surface area contributed by atoms with Crippen LogP contribution in [0.3, 0.4) is 0 Å². The maximum atomic E-state index is 12.8. The van der Waals surface area contributed by atoms with Crippen LogP contribution in [0.5, 0.6) is 0 Å². The van der Waals surface area contributed by atoms with Crippen molar-refractivity contribution in [3.05, 3.63) is 29.8 Å². The molecule has 0 saturated carbocycles. The number of hydrogen-bond acceptors (Lipinski definition) is 5. The quantitative estimate of drug-likeness (QED) is 0.326. The lowest BCUT2D eigenvalue weighted by atomic mass is 9.88. The molecule has 2 N–H and O–H groups in total. The highest BCUT2D eigenvalue weighted by atomic mass is 16.5. The number of nitrogens with zero attached hydrogens (tertiary/aromatic N) is 1. The second kappa shape index (κ2) is 10.8. The summed E-state index contributed by atoms with van der Waals surface area (Å²) in [6, 6.07) is 5.75. The van der Waals surface area contributed by atoms with Crippen LogP contribution < -0.4 is 10.6 Å². The third-order valence-electron chi connectivity index (χ3n) is 5.04. The number of imide groups is 1. The minimum Gasteiger partial charge on any atom is -0.462 e. The zero-order valence-corrected chi connectivity index (χ0v) is 18.0. The number of ether oxygens (including phenoxy) is 1. The number of unbranched alkanes of at least 4 members (excludes halogenated alkanes) is 1. The van der Waals surface area contributed by atoms with E-state index in [0.29, 0.717) is 30.7 Å². The molecule has 0 atom stereocenters. The molecule has 0 spiro atoms. The summed E-state index contributed by atoms with van der Waals surface area (Å²) in [5.41, 5.74) is -0.0617. The molecule has 1 aromatic rings. The first-order valence-electron chi connectivity index (χ1n) is 10.6. The third-order valence-corrected chi connectivity index (χ3v) is 5.04. The number of anilines is 1. The lowest BCUT2D eigenvalue weighted by molar-refractivity contribution is -0.134. The van der Waals surface area contributed by atoms with Gasteiger partial charge in [0.1, 0.15) is 12.1 Å². The van der Waals surface area contributed by atoms with Crippen molar-refractivity contribution >= 4 is 29.5 Å². The molecule has 2 rings (SSSR count). The van der Waals surface area contributed by atoms with Crippen molar-refractivity contribution in [3.8, 4) is 0 Å². The Morgan fingerprint density at radius 1 is 1.03 bits per heavy atom. The highest BCUT2D eigenvalue weighted by molar-refractivity contribution is 6.10. The van der Waals surface area contributed by atoms with Crippen LogP contribution in [0.1, 0.15) is 69.7 Å². The highest BCUT2D eigenvalue weighted by Gasteiger charge is 2.50. The van der Waals surface area contributed by atoms with Crippen molar-refractivity contribution in [1.29, 1.82) is 0 Å². The molecule has 1 fully saturated rings. The molecular formula is C22H31N3O5. The molecule has 8 nitrogen and oxygen atoms in total. The van der Waals surface area contributed by atoms with E-state index in [-0.39, 0.29) is 12.5 Å². The van der Waals surface area contributed by atoms with Gasteiger partial charge in [-0.2, -0.15) is 0 Å². The van der Waals surface area contributed by atoms with Crippen LogP contribution in [0.15, 0.2) is 24.3 Å². The number of carbonyl (C=O) groups excluding carboxylic acids is 4. The van der Waals surface area contributed by atoms with Gasteiger partial charge >= 0.3 is 12.0 Å². The van der Waals surface area contributed by atoms with Gasteiger partial charge in [0, 0.05) is 5.69 Å². The molecule has 0 aromatic heterocycles. The van der Waals surface area contributed by atoms with Gasteiger partial charge in [-0.1, -0.05) is 40.0 Å². The molecule has 0 radical (unpaired) electrons. The SMILES string of the molecule is CCCCOC(=O)c1ccc(NC(=O)CN2C(=O)NC(CCC)(CCC)C2=O)cc1. The minimum atomic E-state index is -0.916. The van der Waals surface area contributed by atoms with Crippen molar-refractivity contribution < 1.29 is 23.9 Å². The first-order chi connectivity index (χ1) is 14.4. The Morgan fingerprint density at radius 2 is 1.67 bits per heavy atom. The number of amides is 4. The molecule has 0 unspecified atom stereocenters. The van der Waals surface area contributed by atoms with Gasteiger partial charge < -0.3 is 15.4 Å². The zero-order chi connectivity index (χ0) is 22.1. The van der Waals surface area contributed by atoms with E-state index >= 15 is 0 Å². The van der Waals surface area contributed by atoms with Crippen LogP contribution >= 0.6 is 0 Å². The summed E-state index contributed by atoms with van der Waals surface area (Å²) in [4.78, 5) is 50.5. The first kappa shape index (κ1) is 23.4. The molecule has 4 amide bonds. The number of urea groups is 1. The molecule has 0 bridgehead atoms. The third kappa shape index (κ3) is 5.58. The molecule has 1 saturated heterocycles. The minimum absolute atomic E-state index is 0.350. The largest absolute Gasteiger partial charge is 0.462 e. The van der Waals surface area contributed by atoms with Crippen molar-refractivity contribution in [3.63, 3.8) is 0 Å². The fraction of sp³-hybridized carbons (Fsp3) is 0.545. The fourth-order valence-electron chi connectivity index (χ4n) is 3.56. The number of benzene rings is 1. The van der Waals surface area contributed by atoms with Crippen LogP contribution in [-0.4, -0.2) is 47.4 Å². The van der Waals surface area contributed by atoms with Gasteiger partial charge in [0.15, 0.2) is 0 Å². The lowest BCUT2D eigenvalue weighted by Gasteiger charge is -2.25. The standard InChI is InChI=1S/C22H31N3O5/c1-4-7-14-30-19(27)16-8-10-17(11-9-16)23-18(26)15-25-20(28)22(12-5-2,13-6-3)24-21(25)29/h8-11H,4-7,12-15H2,1-3H3,(H,23,26)(H,24,29). The van der Waals surface area contributed by atoms with Crippen LogP contribution in [0, 0.1) is 0 Å². The Labute approximate surface area is 177 Å². The number of carbonyl (C=O) groups is 4. The van der Waals surface area contributed by atoms with Gasteiger partial charge in [0.25, 0.3) is 5.91 Å². The number of rotatable bonds is 11. The Hall–Kier alpha value is -2.90. The molecule has 30 heavy (non-hydrogen) atoms. The van der Waals surface area contributed by atoms with Crippen molar-refractivity contribution in [1.82, 2.24) is 10.2 Å².